The van der Waals surface area contributed by atoms with E-state index in [1.165, 1.54) is 11.3 Å². The molecule has 1 saturated heterocycles. The molecule has 1 aliphatic carbocycles. The second-order valence-corrected chi connectivity index (χ2v) is 11.5. The molecule has 2 aliphatic rings. The largest absolute Gasteiger partial charge is 0.457 e. The lowest BCUT2D eigenvalue weighted by Gasteiger charge is -2.37. The Morgan fingerprint density at radius 1 is 1.10 bits per heavy atom. The van der Waals surface area contributed by atoms with Crippen LogP contribution in [0, 0.1) is 6.92 Å². The number of benzene rings is 3. The number of rotatable bonds is 5. The van der Waals surface area contributed by atoms with Crippen molar-refractivity contribution in [2.75, 3.05) is 18.8 Å². The van der Waals surface area contributed by atoms with Gasteiger partial charge in [0.1, 0.15) is 23.2 Å². The van der Waals surface area contributed by atoms with Crippen LogP contribution < -0.4 is 32.6 Å². The third-order valence-electron chi connectivity index (χ3n) is 7.75. The van der Waals surface area contributed by atoms with Crippen LogP contribution in [0.3, 0.4) is 0 Å². The maximum Gasteiger partial charge on any atom is 0.262 e. The third-order valence-corrected chi connectivity index (χ3v) is 9.01. The smallest absolute Gasteiger partial charge is 0.262 e. The minimum absolute atomic E-state index is 0.215. The van der Waals surface area contributed by atoms with Gasteiger partial charge in [-0.05, 0) is 53.9 Å². The number of hydrogen-bond acceptors (Lipinski definition) is 8. The van der Waals surface area contributed by atoms with E-state index in [2.05, 4.69) is 10.6 Å². The van der Waals surface area contributed by atoms with Crippen LogP contribution >= 0.6 is 11.3 Å². The molecule has 4 aromatic rings. The molecule has 0 bridgehead atoms. The second kappa shape index (κ2) is 9.97. The Morgan fingerprint density at radius 3 is 2.58 bits per heavy atom. The summed E-state index contributed by atoms with van der Waals surface area (Å²) in [7, 11) is 0. The van der Waals surface area contributed by atoms with Gasteiger partial charge in [0.2, 0.25) is 0 Å². The maximum absolute atomic E-state index is 14.1. The Kier molecular flexibility index (Phi) is 6.58. The second-order valence-electron chi connectivity index (χ2n) is 10.5. The molecule has 0 saturated carbocycles. The van der Waals surface area contributed by atoms with E-state index in [0.717, 1.165) is 5.56 Å². The molecule has 8 N–H and O–H groups in total. The molecule has 0 radical (unpaired) electrons. The molecule has 3 aromatic carbocycles. The number of anilines is 1. The van der Waals surface area contributed by atoms with Crippen molar-refractivity contribution >= 4 is 38.8 Å². The molecule has 10 heteroatoms. The van der Waals surface area contributed by atoms with Crippen LogP contribution in [0.4, 0.5) is 10.1 Å². The topological polar surface area (TPSA) is 145 Å². The number of Topliss-reactive ketones (excluding diaryl/α,β-unsaturated/α-hetero) is 1. The predicted octanol–water partition coefficient (Wildman–Crippen LogP) is 3.80. The van der Waals surface area contributed by atoms with Gasteiger partial charge in [-0.25, -0.2) is 4.39 Å². The van der Waals surface area contributed by atoms with Gasteiger partial charge in [-0.15, -0.1) is 11.3 Å². The molecule has 1 aliphatic heterocycles. The molecule has 8 nitrogen and oxygen atoms in total. The van der Waals surface area contributed by atoms with Crippen molar-refractivity contribution in [1.82, 2.24) is 10.6 Å². The first-order chi connectivity index (χ1) is 19.2. The number of carbonyl (C=O) groups excluding carboxylic acids is 2. The summed E-state index contributed by atoms with van der Waals surface area (Å²) in [6, 6.07) is 16.7. The highest BCUT2D eigenvalue weighted by molar-refractivity contribution is 7.21. The number of piperidine rings is 1. The molecule has 1 aromatic heterocycles. The Labute approximate surface area is 234 Å². The lowest BCUT2D eigenvalue weighted by molar-refractivity contribution is -0.124. The van der Waals surface area contributed by atoms with Gasteiger partial charge >= 0.3 is 0 Å². The zero-order chi connectivity index (χ0) is 28.2. The van der Waals surface area contributed by atoms with Crippen molar-refractivity contribution in [2.24, 2.45) is 11.5 Å². The molecule has 2 heterocycles. The summed E-state index contributed by atoms with van der Waals surface area (Å²) in [5, 5.41) is 6.51. The number of thiophene rings is 1. The first kappa shape index (κ1) is 26.4. The number of nitrogens with one attached hydrogen (secondary N) is 2. The molecule has 206 valence electrons. The van der Waals surface area contributed by atoms with E-state index in [4.69, 9.17) is 21.9 Å². The van der Waals surface area contributed by atoms with E-state index in [9.17, 15) is 14.0 Å². The van der Waals surface area contributed by atoms with Crippen LogP contribution in [0.1, 0.15) is 44.4 Å². The van der Waals surface area contributed by atoms with Crippen LogP contribution in [0.25, 0.3) is 10.1 Å². The molecule has 2 unspecified atom stereocenters. The normalized spacial score (nSPS) is 24.2. The number of para-hydroxylation sites is 1. The lowest BCUT2D eigenvalue weighted by atomic mass is 9.69. The van der Waals surface area contributed by atoms with Crippen LogP contribution in [0.5, 0.6) is 11.5 Å². The van der Waals surface area contributed by atoms with E-state index in [1.54, 1.807) is 24.3 Å². The summed E-state index contributed by atoms with van der Waals surface area (Å²) in [6.07, 6.45) is -0.830. The van der Waals surface area contributed by atoms with Crippen molar-refractivity contribution in [2.45, 2.75) is 37.1 Å². The summed E-state index contributed by atoms with van der Waals surface area (Å²) >= 11 is 1.18. The van der Waals surface area contributed by atoms with Crippen LogP contribution in [0.2, 0.25) is 0 Å². The number of nitrogen functional groups attached to an aromatic ring is 1. The highest BCUT2D eigenvalue weighted by Gasteiger charge is 2.49. The fraction of sp³-hybridized carbons (Fsp3) is 0.267. The quantitative estimate of drug-likeness (QED) is 0.234. The van der Waals surface area contributed by atoms with E-state index in [1.807, 2.05) is 43.3 Å². The molecule has 6 rings (SSSR count). The Morgan fingerprint density at radius 2 is 1.85 bits per heavy atom. The minimum Gasteiger partial charge on any atom is -0.457 e. The van der Waals surface area contributed by atoms with E-state index >= 15 is 0 Å². The van der Waals surface area contributed by atoms with Crippen LogP contribution in [0.15, 0.2) is 60.7 Å². The SMILES string of the molecule is Cc1cc(Oc2ccccc2)ccc1C1(N)C(=O)C(N)c2c(C(=O)N[C@H]3CNC[C@@H](F)C3)sc3c(N)ccc1c23. The Bertz CT molecular complexity index is 1640. The predicted molar refractivity (Wildman–Crippen MR) is 154 cm³/mol. The van der Waals surface area contributed by atoms with Gasteiger partial charge < -0.3 is 32.6 Å². The van der Waals surface area contributed by atoms with Crippen LogP contribution in [-0.4, -0.2) is 37.0 Å². The highest BCUT2D eigenvalue weighted by atomic mass is 32.1. The van der Waals surface area contributed by atoms with Crippen molar-refractivity contribution in [1.29, 1.82) is 0 Å². The number of aryl methyl sites for hydroxylation is 1. The van der Waals surface area contributed by atoms with Gasteiger partial charge in [-0.1, -0.05) is 30.3 Å². The third kappa shape index (κ3) is 4.24. The zero-order valence-corrected chi connectivity index (χ0v) is 22.7. The average Bonchev–Trinajstić information content (AvgIpc) is 3.34. The van der Waals surface area contributed by atoms with Gasteiger partial charge in [-0.3, -0.25) is 9.59 Å². The van der Waals surface area contributed by atoms with E-state index in [0.29, 0.717) is 55.4 Å². The number of nitrogens with two attached hydrogens (primary N) is 3. The Hall–Kier alpha value is -3.83. The molecular formula is C30H30FN5O3S. The molecule has 40 heavy (non-hydrogen) atoms. The lowest BCUT2D eigenvalue weighted by Crippen LogP contribution is -2.53. The van der Waals surface area contributed by atoms with Crippen molar-refractivity contribution < 1.29 is 18.7 Å². The standard InChI is InChI=1S/C30H30FN5O3S/c1-15-11-19(39-18-5-3-2-4-6-18)7-8-20(15)30(34)21-9-10-22(32)26-23(21)24(25(33)28(30)37)27(40-26)29(38)36-17-12-16(31)13-35-14-17/h2-11,16-17,25,35H,12-14,32-34H2,1H3,(H,36,38)/t16-,17+,25?,30?/m0/s1. The number of ketones is 1. The van der Waals surface area contributed by atoms with Gasteiger partial charge in [0.25, 0.3) is 5.91 Å². The van der Waals surface area contributed by atoms with Gasteiger partial charge in [0.15, 0.2) is 5.78 Å². The first-order valence-electron chi connectivity index (χ1n) is 13.1. The average molecular weight is 560 g/mol. The first-order valence-corrected chi connectivity index (χ1v) is 13.9. The molecule has 0 spiro atoms. The fourth-order valence-electron chi connectivity index (χ4n) is 5.84. The molecular weight excluding hydrogens is 529 g/mol. The monoisotopic (exact) mass is 559 g/mol. The number of halogens is 1. The summed E-state index contributed by atoms with van der Waals surface area (Å²) in [5.74, 6) is 0.456. The molecule has 1 fully saturated rings. The summed E-state index contributed by atoms with van der Waals surface area (Å²) < 4.78 is 20.5. The van der Waals surface area contributed by atoms with E-state index < -0.39 is 29.4 Å². The molecule has 1 amide bonds. The van der Waals surface area contributed by atoms with Crippen molar-refractivity contribution in [3.05, 3.63) is 87.8 Å². The number of amides is 1. The summed E-state index contributed by atoms with van der Waals surface area (Å²) in [5.41, 5.74) is 21.2. The number of alkyl halides is 1. The van der Waals surface area contributed by atoms with Crippen LogP contribution in [-0.2, 0) is 10.3 Å². The van der Waals surface area contributed by atoms with Gasteiger partial charge in [0, 0.05) is 42.2 Å². The summed E-state index contributed by atoms with van der Waals surface area (Å²) in [6.45, 7) is 2.59. The minimum atomic E-state index is -1.57. The number of hydrogen-bond donors (Lipinski definition) is 5. The number of ether oxygens (including phenoxy) is 1. The maximum atomic E-state index is 14.1. The van der Waals surface area contributed by atoms with E-state index in [-0.39, 0.29) is 19.0 Å². The number of carbonyl (C=O) groups is 2. The van der Waals surface area contributed by atoms with Gasteiger partial charge in [0.05, 0.1) is 15.6 Å². The molecule has 4 atom stereocenters. The fourth-order valence-corrected chi connectivity index (χ4v) is 7.05. The van der Waals surface area contributed by atoms with Crippen molar-refractivity contribution in [3.8, 4) is 11.5 Å². The highest BCUT2D eigenvalue weighted by Crippen LogP contribution is 2.50. The van der Waals surface area contributed by atoms with Gasteiger partial charge in [-0.2, -0.15) is 0 Å². The zero-order valence-electron chi connectivity index (χ0n) is 21.9. The Balaban J connectivity index is 1.43. The van der Waals surface area contributed by atoms with Crippen molar-refractivity contribution in [3.63, 3.8) is 0 Å². The summed E-state index contributed by atoms with van der Waals surface area (Å²) in [4.78, 5) is 27.8.